The van der Waals surface area contributed by atoms with E-state index in [0.717, 1.165) is 46.0 Å². The van der Waals surface area contributed by atoms with Crippen molar-refractivity contribution in [3.63, 3.8) is 0 Å². The molecule has 0 atom stereocenters. The van der Waals surface area contributed by atoms with E-state index in [1.165, 1.54) is 5.01 Å². The monoisotopic (exact) mass is 488 g/mol. The van der Waals surface area contributed by atoms with Crippen LogP contribution in [0.1, 0.15) is 12.8 Å². The minimum Gasteiger partial charge on any atom is -0.321 e. The molecule has 0 spiro atoms. The molecule has 6 heterocycles. The third-order valence-corrected chi connectivity index (χ3v) is 6.52. The van der Waals surface area contributed by atoms with E-state index in [1.807, 2.05) is 30.3 Å². The average Bonchev–Trinajstić information content (AvgIpc) is 3.57. The third kappa shape index (κ3) is 3.69. The molecule has 1 aliphatic carbocycles. The summed E-state index contributed by atoms with van der Waals surface area (Å²) >= 11 is 0. The second kappa shape index (κ2) is 8.28. The summed E-state index contributed by atoms with van der Waals surface area (Å²) in [6.07, 6.45) is 12.0. The molecule has 0 bridgehead atoms. The van der Waals surface area contributed by atoms with E-state index in [1.54, 1.807) is 37.2 Å². The Morgan fingerprint density at radius 3 is 2.59 bits per heavy atom. The largest absolute Gasteiger partial charge is 0.321 e. The molecule has 1 amide bonds. The number of amides is 1. The minimum atomic E-state index is -0.0886. The maximum Gasteiger partial charge on any atom is 0.244 e. The zero-order valence-corrected chi connectivity index (χ0v) is 19.5. The Balaban J connectivity index is 1.29. The van der Waals surface area contributed by atoms with Crippen molar-refractivity contribution in [2.45, 2.75) is 12.8 Å². The lowest BCUT2D eigenvalue weighted by molar-refractivity contribution is -0.119. The van der Waals surface area contributed by atoms with Crippen molar-refractivity contribution < 1.29 is 4.79 Å². The van der Waals surface area contributed by atoms with Crippen molar-refractivity contribution in [1.29, 1.82) is 0 Å². The van der Waals surface area contributed by atoms with Gasteiger partial charge in [0.25, 0.3) is 0 Å². The first kappa shape index (κ1) is 21.3. The molecule has 6 aromatic heterocycles. The number of aromatic nitrogens is 8. The Hall–Kier alpha value is -5.03. The van der Waals surface area contributed by atoms with Crippen LogP contribution in [0.25, 0.3) is 56.0 Å². The number of hydrogen-bond donors (Lipinski definition) is 3. The molecule has 1 fully saturated rings. The van der Waals surface area contributed by atoms with E-state index in [4.69, 9.17) is 10.8 Å². The van der Waals surface area contributed by atoms with Gasteiger partial charge in [-0.1, -0.05) is 0 Å². The van der Waals surface area contributed by atoms with Crippen molar-refractivity contribution in [1.82, 2.24) is 40.1 Å². The number of carbonyl (C=O) groups excluding carboxylic acids is 1. The first-order valence-corrected chi connectivity index (χ1v) is 11.8. The number of fused-ring (bicyclic) bond motifs is 2. The minimum absolute atomic E-state index is 0.0116. The molecule has 11 nitrogen and oxygen atoms in total. The maximum atomic E-state index is 12.4. The predicted octanol–water partition coefficient (Wildman–Crippen LogP) is 3.64. The van der Waals surface area contributed by atoms with E-state index >= 15 is 0 Å². The molecule has 11 heteroatoms. The summed E-state index contributed by atoms with van der Waals surface area (Å²) in [5.41, 5.74) is 6.71. The number of nitrogens with zero attached hydrogens (tertiary/aromatic N) is 7. The number of hydrazine groups is 1. The number of carbonyl (C=O) groups is 1. The highest BCUT2D eigenvalue weighted by atomic mass is 16.2. The molecular formula is C26H20N10O. The van der Waals surface area contributed by atoms with Crippen LogP contribution in [0.2, 0.25) is 0 Å². The fraction of sp³-hybridized carbons (Fsp3) is 0.115. The van der Waals surface area contributed by atoms with Gasteiger partial charge in [-0.25, -0.2) is 25.8 Å². The van der Waals surface area contributed by atoms with Crippen LogP contribution >= 0.6 is 0 Å². The van der Waals surface area contributed by atoms with Crippen molar-refractivity contribution in [3.05, 3.63) is 67.5 Å². The average molecular weight is 489 g/mol. The number of pyridine rings is 4. The standard InChI is InChI=1S/C26H20N10O/c27-36(26(37)15-1-2-15)18-9-16(11-29-13-18)17-10-20-22(34-35-23(20)31-12-17)25-32-21-19(5-8-30-24(21)33-25)14-3-6-28-7-4-14/h3-13,15H,1-2,27H2,(H,30,32,33)(H,31,34,35). The van der Waals surface area contributed by atoms with Gasteiger partial charge >= 0.3 is 0 Å². The highest BCUT2D eigenvalue weighted by Gasteiger charge is 2.33. The molecule has 7 rings (SSSR count). The number of anilines is 1. The summed E-state index contributed by atoms with van der Waals surface area (Å²) in [7, 11) is 0. The van der Waals surface area contributed by atoms with Gasteiger partial charge < -0.3 is 4.98 Å². The summed E-state index contributed by atoms with van der Waals surface area (Å²) in [5, 5.41) is 9.44. The van der Waals surface area contributed by atoms with Crippen molar-refractivity contribution >= 4 is 33.8 Å². The summed E-state index contributed by atoms with van der Waals surface area (Å²) in [6.45, 7) is 0. The number of nitrogens with one attached hydrogen (secondary N) is 2. The van der Waals surface area contributed by atoms with E-state index in [-0.39, 0.29) is 11.8 Å². The first-order valence-electron chi connectivity index (χ1n) is 11.8. The maximum absolute atomic E-state index is 12.4. The number of nitrogens with two attached hydrogens (primary N) is 1. The fourth-order valence-corrected chi connectivity index (χ4v) is 4.40. The van der Waals surface area contributed by atoms with Gasteiger partial charge in [0.1, 0.15) is 11.2 Å². The van der Waals surface area contributed by atoms with Crippen LogP contribution in [0.15, 0.2) is 67.5 Å². The highest BCUT2D eigenvalue weighted by Crippen LogP contribution is 2.34. The van der Waals surface area contributed by atoms with Crippen LogP contribution in [0.4, 0.5) is 5.69 Å². The van der Waals surface area contributed by atoms with Crippen LogP contribution in [0.5, 0.6) is 0 Å². The van der Waals surface area contributed by atoms with Gasteiger partial charge in [-0.2, -0.15) is 5.10 Å². The Morgan fingerprint density at radius 1 is 0.919 bits per heavy atom. The molecule has 180 valence electrons. The highest BCUT2D eigenvalue weighted by molar-refractivity contribution is 5.97. The molecule has 0 aliphatic heterocycles. The second-order valence-electron chi connectivity index (χ2n) is 8.98. The molecule has 1 aliphatic rings. The van der Waals surface area contributed by atoms with Crippen LogP contribution < -0.4 is 10.9 Å². The van der Waals surface area contributed by atoms with Gasteiger partial charge in [0.05, 0.1) is 17.3 Å². The molecular weight excluding hydrogens is 468 g/mol. The van der Waals surface area contributed by atoms with E-state index in [9.17, 15) is 4.79 Å². The molecule has 0 saturated heterocycles. The summed E-state index contributed by atoms with van der Waals surface area (Å²) in [6, 6.07) is 9.61. The molecule has 0 aromatic carbocycles. The van der Waals surface area contributed by atoms with Crippen LogP contribution in [0, 0.1) is 5.92 Å². The van der Waals surface area contributed by atoms with Gasteiger partial charge in [0.15, 0.2) is 17.1 Å². The fourth-order valence-electron chi connectivity index (χ4n) is 4.40. The number of aromatic amines is 2. The lowest BCUT2D eigenvalue weighted by Crippen LogP contribution is -2.38. The van der Waals surface area contributed by atoms with Crippen molar-refractivity contribution in [2.75, 3.05) is 5.01 Å². The van der Waals surface area contributed by atoms with E-state index < -0.39 is 0 Å². The summed E-state index contributed by atoms with van der Waals surface area (Å²) in [5.74, 6) is 6.58. The van der Waals surface area contributed by atoms with E-state index in [2.05, 4.69) is 35.1 Å². The van der Waals surface area contributed by atoms with Crippen LogP contribution in [-0.4, -0.2) is 46.0 Å². The lowest BCUT2D eigenvalue weighted by Gasteiger charge is -2.16. The quantitative estimate of drug-likeness (QED) is 0.189. The summed E-state index contributed by atoms with van der Waals surface area (Å²) in [4.78, 5) is 38.0. The topological polar surface area (TPSA) is 155 Å². The van der Waals surface area contributed by atoms with Gasteiger partial charge in [-0.15, -0.1) is 0 Å². The molecule has 4 N–H and O–H groups in total. The molecule has 1 saturated carbocycles. The third-order valence-electron chi connectivity index (χ3n) is 6.52. The second-order valence-corrected chi connectivity index (χ2v) is 8.98. The smallest absolute Gasteiger partial charge is 0.244 e. The first-order chi connectivity index (χ1) is 18.2. The number of imidazole rings is 1. The van der Waals surface area contributed by atoms with Gasteiger partial charge in [-0.05, 0) is 48.7 Å². The summed E-state index contributed by atoms with van der Waals surface area (Å²) < 4.78 is 0. The zero-order chi connectivity index (χ0) is 24.9. The number of hydrogen-bond acceptors (Lipinski definition) is 8. The number of rotatable bonds is 5. The van der Waals surface area contributed by atoms with E-state index in [0.29, 0.717) is 28.5 Å². The van der Waals surface area contributed by atoms with Gasteiger partial charge in [0, 0.05) is 53.6 Å². The Kier molecular flexibility index (Phi) is 4.76. The molecule has 0 radical (unpaired) electrons. The molecule has 6 aromatic rings. The van der Waals surface area contributed by atoms with Crippen LogP contribution in [-0.2, 0) is 4.79 Å². The lowest BCUT2D eigenvalue weighted by atomic mass is 10.1. The van der Waals surface area contributed by atoms with Crippen LogP contribution in [0.3, 0.4) is 0 Å². The van der Waals surface area contributed by atoms with Crippen molar-refractivity contribution in [2.24, 2.45) is 11.8 Å². The number of H-pyrrole nitrogens is 2. The SMILES string of the molecule is NN(C(=O)C1CC1)c1cncc(-c2cnc3[nH]nc(-c4nc5c(-c6ccncc6)ccnc5[nH]4)c3c2)c1. The predicted molar refractivity (Wildman–Crippen MR) is 138 cm³/mol. The Morgan fingerprint density at radius 2 is 1.76 bits per heavy atom. The normalized spacial score (nSPS) is 13.3. The van der Waals surface area contributed by atoms with Crippen molar-refractivity contribution in [3.8, 4) is 33.8 Å². The van der Waals surface area contributed by atoms with Gasteiger partial charge in [-0.3, -0.25) is 19.9 Å². The van der Waals surface area contributed by atoms with Gasteiger partial charge in [0.2, 0.25) is 5.91 Å². The molecule has 0 unspecified atom stereocenters. The molecule has 37 heavy (non-hydrogen) atoms. The Bertz CT molecular complexity index is 1790. The zero-order valence-electron chi connectivity index (χ0n) is 19.5. The Labute approximate surface area is 209 Å².